The van der Waals surface area contributed by atoms with Crippen LogP contribution in [0.3, 0.4) is 0 Å². The quantitative estimate of drug-likeness (QED) is 0.251. The summed E-state index contributed by atoms with van der Waals surface area (Å²) < 4.78 is 4.67. The molecule has 1 aliphatic rings. The smallest absolute Gasteiger partial charge is 0.305 e. The van der Waals surface area contributed by atoms with Gasteiger partial charge in [0.1, 0.15) is 0 Å². The lowest BCUT2D eigenvalue weighted by Gasteiger charge is -2.22. The minimum Gasteiger partial charge on any atom is -0.469 e. The third kappa shape index (κ3) is 9.15. The number of carbonyl (C=O) groups excluding carboxylic acids is 1. The number of nitrogens with zero attached hydrogens (tertiary/aromatic N) is 1. The lowest BCUT2D eigenvalue weighted by molar-refractivity contribution is -0.140. The monoisotopic (exact) mass is 411 g/mol. The first-order chi connectivity index (χ1) is 14.6. The maximum atomic E-state index is 11.1. The molecule has 0 saturated carbocycles. The van der Waals surface area contributed by atoms with Gasteiger partial charge in [-0.25, -0.2) is 0 Å². The molecule has 0 amide bonds. The van der Waals surface area contributed by atoms with Crippen molar-refractivity contribution in [2.75, 3.05) is 20.2 Å². The second-order valence-corrected chi connectivity index (χ2v) is 8.21. The third-order valence-electron chi connectivity index (χ3n) is 5.76. The standard InChI is InChI=1S/C26H37NO3/c1-22(12-10-15-23-13-6-5-7-14-23)25(28)19-18-24-16-11-21-27(24)20-9-4-3-8-17-26(29)30-2/h5-7,13-14,18-19,22,24-25,28H,3-4,8-9,11-12,16-17,20-21H2,1-2H3/b19-18+/t22?,24-,25-/m1/s1. The van der Waals surface area contributed by atoms with Crippen molar-refractivity contribution in [3.63, 3.8) is 0 Å². The number of rotatable bonds is 11. The summed E-state index contributed by atoms with van der Waals surface area (Å²) in [6, 6.07) is 10.4. The zero-order valence-electron chi connectivity index (χ0n) is 18.6. The van der Waals surface area contributed by atoms with Crippen LogP contribution in [0.15, 0.2) is 42.5 Å². The number of likely N-dealkylation sites (tertiary alicyclic amines) is 1. The van der Waals surface area contributed by atoms with Crippen LogP contribution in [0.4, 0.5) is 0 Å². The first-order valence-corrected chi connectivity index (χ1v) is 11.3. The lowest BCUT2D eigenvalue weighted by Crippen LogP contribution is -2.29. The Kier molecular flexibility index (Phi) is 11.3. The highest BCUT2D eigenvalue weighted by Gasteiger charge is 2.22. The van der Waals surface area contributed by atoms with Crippen LogP contribution in [0.25, 0.3) is 0 Å². The Morgan fingerprint density at radius 2 is 2.03 bits per heavy atom. The predicted molar refractivity (Wildman–Crippen MR) is 122 cm³/mol. The van der Waals surface area contributed by atoms with Crippen LogP contribution < -0.4 is 0 Å². The Morgan fingerprint density at radius 3 is 2.80 bits per heavy atom. The molecule has 0 bridgehead atoms. The Balaban J connectivity index is 1.68. The van der Waals surface area contributed by atoms with Gasteiger partial charge in [0, 0.05) is 24.4 Å². The molecule has 4 nitrogen and oxygen atoms in total. The molecule has 0 spiro atoms. The van der Waals surface area contributed by atoms with Crippen molar-refractivity contribution >= 4 is 5.97 Å². The molecule has 1 aromatic carbocycles. The molecule has 30 heavy (non-hydrogen) atoms. The third-order valence-corrected chi connectivity index (χ3v) is 5.76. The van der Waals surface area contributed by atoms with Gasteiger partial charge >= 0.3 is 5.97 Å². The number of benzene rings is 1. The molecule has 1 unspecified atom stereocenters. The van der Waals surface area contributed by atoms with Gasteiger partial charge in [0.15, 0.2) is 0 Å². The fourth-order valence-electron chi connectivity index (χ4n) is 3.78. The zero-order chi connectivity index (χ0) is 21.6. The zero-order valence-corrected chi connectivity index (χ0v) is 18.6. The van der Waals surface area contributed by atoms with Gasteiger partial charge in [0.05, 0.1) is 13.2 Å². The number of carbonyl (C=O) groups is 1. The van der Waals surface area contributed by atoms with Crippen molar-refractivity contribution in [3.05, 3.63) is 48.0 Å². The number of ether oxygens (including phenoxy) is 1. The molecule has 4 heteroatoms. The van der Waals surface area contributed by atoms with E-state index in [4.69, 9.17) is 0 Å². The van der Waals surface area contributed by atoms with E-state index in [1.807, 2.05) is 36.4 Å². The SMILES string of the molecule is COC(=O)CCCCCCN1CCC[C@@H]1/C=C/[C@@H](O)C(C)CC#Cc1ccccc1. The summed E-state index contributed by atoms with van der Waals surface area (Å²) in [6.45, 7) is 4.27. The summed E-state index contributed by atoms with van der Waals surface area (Å²) in [4.78, 5) is 13.6. The van der Waals surface area contributed by atoms with Crippen LogP contribution in [0.5, 0.6) is 0 Å². The molecule has 1 N–H and O–H groups in total. The average molecular weight is 412 g/mol. The van der Waals surface area contributed by atoms with Crippen molar-refractivity contribution in [2.24, 2.45) is 5.92 Å². The fourth-order valence-corrected chi connectivity index (χ4v) is 3.78. The number of aliphatic hydroxyl groups is 1. The van der Waals surface area contributed by atoms with E-state index < -0.39 is 6.10 Å². The summed E-state index contributed by atoms with van der Waals surface area (Å²) in [5, 5.41) is 10.5. The highest BCUT2D eigenvalue weighted by atomic mass is 16.5. The van der Waals surface area contributed by atoms with Crippen LogP contribution in [-0.4, -0.2) is 48.3 Å². The predicted octanol–water partition coefficient (Wildman–Crippen LogP) is 4.57. The number of hydrogen-bond acceptors (Lipinski definition) is 4. The Hall–Kier alpha value is -2.09. The molecule has 2 rings (SSSR count). The van der Waals surface area contributed by atoms with Gasteiger partial charge in [-0.1, -0.05) is 62.0 Å². The minimum atomic E-state index is -0.462. The molecule has 1 aromatic rings. The van der Waals surface area contributed by atoms with Gasteiger partial charge < -0.3 is 9.84 Å². The van der Waals surface area contributed by atoms with Gasteiger partial charge in [-0.15, -0.1) is 0 Å². The molecule has 1 fully saturated rings. The number of esters is 1. The largest absolute Gasteiger partial charge is 0.469 e. The normalized spacial score (nSPS) is 18.7. The van der Waals surface area contributed by atoms with E-state index in [2.05, 4.69) is 34.5 Å². The topological polar surface area (TPSA) is 49.8 Å². The first-order valence-electron chi connectivity index (χ1n) is 11.3. The van der Waals surface area contributed by atoms with Crippen LogP contribution in [0.1, 0.15) is 63.9 Å². The van der Waals surface area contributed by atoms with E-state index in [1.54, 1.807) is 0 Å². The Bertz CT molecular complexity index is 704. The summed E-state index contributed by atoms with van der Waals surface area (Å²) in [5.41, 5.74) is 1.02. The highest BCUT2D eigenvalue weighted by molar-refractivity contribution is 5.68. The second kappa shape index (κ2) is 14.0. The maximum Gasteiger partial charge on any atom is 0.305 e. The van der Waals surface area contributed by atoms with E-state index in [1.165, 1.54) is 13.5 Å². The molecule has 1 saturated heterocycles. The van der Waals surface area contributed by atoms with Crippen molar-refractivity contribution in [2.45, 2.75) is 70.4 Å². The molecule has 0 aromatic heterocycles. The summed E-state index contributed by atoms with van der Waals surface area (Å²) in [6.07, 6.45) is 11.6. The summed E-state index contributed by atoms with van der Waals surface area (Å²) in [7, 11) is 1.44. The second-order valence-electron chi connectivity index (χ2n) is 8.21. The average Bonchev–Trinajstić information content (AvgIpc) is 3.22. The van der Waals surface area contributed by atoms with Crippen LogP contribution in [0.2, 0.25) is 0 Å². The van der Waals surface area contributed by atoms with Crippen molar-refractivity contribution in [1.82, 2.24) is 4.90 Å². The summed E-state index contributed by atoms with van der Waals surface area (Å²) in [5.74, 6) is 6.35. The molecular formula is C26H37NO3. The Morgan fingerprint density at radius 1 is 1.27 bits per heavy atom. The fraction of sp³-hybridized carbons (Fsp3) is 0.577. The van der Waals surface area contributed by atoms with Crippen LogP contribution in [0, 0.1) is 17.8 Å². The lowest BCUT2D eigenvalue weighted by atomic mass is 9.99. The molecule has 3 atom stereocenters. The van der Waals surface area contributed by atoms with E-state index in [0.717, 1.165) is 50.8 Å². The molecule has 1 aliphatic heterocycles. The van der Waals surface area contributed by atoms with E-state index in [9.17, 15) is 9.90 Å². The van der Waals surface area contributed by atoms with Gasteiger partial charge in [-0.05, 0) is 56.8 Å². The summed E-state index contributed by atoms with van der Waals surface area (Å²) >= 11 is 0. The van der Waals surface area contributed by atoms with Crippen molar-refractivity contribution < 1.29 is 14.6 Å². The maximum absolute atomic E-state index is 11.1. The van der Waals surface area contributed by atoms with Gasteiger partial charge in [-0.2, -0.15) is 0 Å². The molecule has 164 valence electrons. The molecule has 1 heterocycles. The van der Waals surface area contributed by atoms with E-state index in [0.29, 0.717) is 18.9 Å². The van der Waals surface area contributed by atoms with Gasteiger partial charge in [-0.3, -0.25) is 9.69 Å². The van der Waals surface area contributed by atoms with Gasteiger partial charge in [0.2, 0.25) is 0 Å². The van der Waals surface area contributed by atoms with Crippen LogP contribution >= 0.6 is 0 Å². The van der Waals surface area contributed by atoms with Crippen molar-refractivity contribution in [3.8, 4) is 11.8 Å². The van der Waals surface area contributed by atoms with Gasteiger partial charge in [0.25, 0.3) is 0 Å². The van der Waals surface area contributed by atoms with E-state index in [-0.39, 0.29) is 11.9 Å². The number of hydrogen-bond donors (Lipinski definition) is 1. The number of unbranched alkanes of at least 4 members (excludes halogenated alkanes) is 3. The molecular weight excluding hydrogens is 374 g/mol. The van der Waals surface area contributed by atoms with Crippen LogP contribution in [-0.2, 0) is 9.53 Å². The van der Waals surface area contributed by atoms with Crippen molar-refractivity contribution in [1.29, 1.82) is 0 Å². The highest BCUT2D eigenvalue weighted by Crippen LogP contribution is 2.20. The first kappa shape index (κ1) is 24.2. The minimum absolute atomic E-state index is 0.112. The Labute approximate surface area is 182 Å². The number of methoxy groups -OCH3 is 1. The molecule has 0 radical (unpaired) electrons. The molecule has 0 aliphatic carbocycles. The van der Waals surface area contributed by atoms with E-state index >= 15 is 0 Å². The number of aliphatic hydroxyl groups excluding tert-OH is 1.